The molecule has 3 nitrogen and oxygen atoms in total. The molecule has 0 radical (unpaired) electrons. The van der Waals surface area contributed by atoms with Crippen molar-refractivity contribution in [2.45, 2.75) is 45.7 Å². The van der Waals surface area contributed by atoms with Crippen LogP contribution in [-0.4, -0.2) is 36.1 Å². The summed E-state index contributed by atoms with van der Waals surface area (Å²) in [5.41, 5.74) is 0. The van der Waals surface area contributed by atoms with Crippen molar-refractivity contribution in [2.75, 3.05) is 13.2 Å². The maximum absolute atomic E-state index is 11.4. The predicted octanol–water partition coefficient (Wildman–Crippen LogP) is 1.42. The van der Waals surface area contributed by atoms with Crippen LogP contribution in [0.1, 0.15) is 33.6 Å². The third-order valence-corrected chi connectivity index (χ3v) is 2.50. The van der Waals surface area contributed by atoms with E-state index < -0.39 is 0 Å². The Bertz CT molecular complexity index is 174. The molecule has 0 N–H and O–H groups in total. The molecule has 0 saturated carbocycles. The number of carbonyl (C=O) groups is 1. The first-order valence-electron chi connectivity index (χ1n) is 4.99. The van der Waals surface area contributed by atoms with Gasteiger partial charge in [0.25, 0.3) is 0 Å². The molecular weight excluding hydrogens is 166 g/mol. The van der Waals surface area contributed by atoms with Crippen molar-refractivity contribution in [3.05, 3.63) is 0 Å². The molecule has 1 rings (SSSR count). The van der Waals surface area contributed by atoms with Crippen LogP contribution in [0.4, 0.5) is 0 Å². The van der Waals surface area contributed by atoms with Gasteiger partial charge < -0.3 is 9.64 Å². The van der Waals surface area contributed by atoms with Gasteiger partial charge in [-0.25, -0.2) is 0 Å². The third kappa shape index (κ3) is 2.69. The van der Waals surface area contributed by atoms with Crippen molar-refractivity contribution < 1.29 is 9.53 Å². The van der Waals surface area contributed by atoms with E-state index in [1.54, 1.807) is 6.92 Å². The average Bonchev–Trinajstić information content (AvgIpc) is 2.04. The summed E-state index contributed by atoms with van der Waals surface area (Å²) in [4.78, 5) is 13.3. The zero-order chi connectivity index (χ0) is 9.84. The highest BCUT2D eigenvalue weighted by atomic mass is 16.5. The number of carbonyl (C=O) groups excluding carboxylic acids is 1. The fourth-order valence-corrected chi connectivity index (χ4v) is 2.01. The molecule has 1 fully saturated rings. The molecule has 3 heteroatoms. The first-order valence-corrected chi connectivity index (χ1v) is 4.99. The second-order valence-electron chi connectivity index (χ2n) is 3.86. The number of amides is 1. The van der Waals surface area contributed by atoms with E-state index >= 15 is 0 Å². The van der Waals surface area contributed by atoms with E-state index in [-0.39, 0.29) is 5.91 Å². The summed E-state index contributed by atoms with van der Waals surface area (Å²) in [6, 6.07) is 0.701. The first kappa shape index (κ1) is 10.5. The highest BCUT2D eigenvalue weighted by molar-refractivity contribution is 5.73. The molecule has 1 saturated heterocycles. The minimum atomic E-state index is 0.182. The standard InChI is InChI=1S/C10H19NO2/c1-8(2)11(9(3)12)10-4-6-13-7-5-10/h8,10H,4-7H2,1-3H3. The zero-order valence-electron chi connectivity index (χ0n) is 8.75. The second-order valence-corrected chi connectivity index (χ2v) is 3.86. The van der Waals surface area contributed by atoms with Gasteiger partial charge in [0, 0.05) is 32.2 Å². The molecule has 0 aromatic heterocycles. The average molecular weight is 185 g/mol. The quantitative estimate of drug-likeness (QED) is 0.651. The van der Waals surface area contributed by atoms with Gasteiger partial charge in [0.2, 0.25) is 5.91 Å². The lowest BCUT2D eigenvalue weighted by Gasteiger charge is -2.36. The molecule has 13 heavy (non-hydrogen) atoms. The Morgan fingerprint density at radius 3 is 2.31 bits per heavy atom. The first-order chi connectivity index (χ1) is 6.13. The molecule has 0 aromatic carbocycles. The van der Waals surface area contributed by atoms with Gasteiger partial charge in [-0.3, -0.25) is 4.79 Å². The number of hydrogen-bond donors (Lipinski definition) is 0. The molecule has 1 amide bonds. The smallest absolute Gasteiger partial charge is 0.219 e. The van der Waals surface area contributed by atoms with Crippen LogP contribution in [0.15, 0.2) is 0 Å². The van der Waals surface area contributed by atoms with E-state index in [1.807, 2.05) is 4.90 Å². The Balaban J connectivity index is 2.57. The van der Waals surface area contributed by atoms with Crippen LogP contribution in [-0.2, 0) is 9.53 Å². The Hall–Kier alpha value is -0.570. The van der Waals surface area contributed by atoms with Crippen LogP contribution < -0.4 is 0 Å². The molecule has 1 aliphatic rings. The number of rotatable bonds is 2. The van der Waals surface area contributed by atoms with Crippen LogP contribution >= 0.6 is 0 Å². The summed E-state index contributed by atoms with van der Waals surface area (Å²) in [7, 11) is 0. The van der Waals surface area contributed by atoms with Crippen molar-refractivity contribution >= 4 is 5.91 Å². The predicted molar refractivity (Wildman–Crippen MR) is 51.5 cm³/mol. The van der Waals surface area contributed by atoms with Crippen LogP contribution in [0.5, 0.6) is 0 Å². The summed E-state index contributed by atoms with van der Waals surface area (Å²) in [5.74, 6) is 0.182. The molecule has 0 aromatic rings. The second kappa shape index (κ2) is 4.61. The molecule has 0 aliphatic carbocycles. The lowest BCUT2D eigenvalue weighted by atomic mass is 10.1. The maximum Gasteiger partial charge on any atom is 0.219 e. The van der Waals surface area contributed by atoms with Crippen molar-refractivity contribution in [1.82, 2.24) is 4.90 Å². The van der Waals surface area contributed by atoms with Crippen LogP contribution in [0.25, 0.3) is 0 Å². The van der Waals surface area contributed by atoms with Crippen LogP contribution in [0, 0.1) is 0 Å². The molecule has 1 aliphatic heterocycles. The topological polar surface area (TPSA) is 29.5 Å². The van der Waals surface area contributed by atoms with E-state index in [0.717, 1.165) is 26.1 Å². The Kier molecular flexibility index (Phi) is 3.72. The fourth-order valence-electron chi connectivity index (χ4n) is 2.01. The van der Waals surface area contributed by atoms with E-state index in [2.05, 4.69) is 13.8 Å². The summed E-state index contributed by atoms with van der Waals surface area (Å²) in [6.45, 7) is 7.37. The highest BCUT2D eigenvalue weighted by Crippen LogP contribution is 2.16. The van der Waals surface area contributed by atoms with Gasteiger partial charge in [-0.1, -0.05) is 0 Å². The SMILES string of the molecule is CC(=O)N(C(C)C)C1CCOCC1. The number of ether oxygens (including phenoxy) is 1. The lowest BCUT2D eigenvalue weighted by molar-refractivity contribution is -0.135. The van der Waals surface area contributed by atoms with Crippen LogP contribution in [0.2, 0.25) is 0 Å². The van der Waals surface area contributed by atoms with E-state index in [4.69, 9.17) is 4.74 Å². The molecule has 0 atom stereocenters. The lowest BCUT2D eigenvalue weighted by Crippen LogP contribution is -2.46. The minimum absolute atomic E-state index is 0.182. The summed E-state index contributed by atoms with van der Waals surface area (Å²) in [5, 5.41) is 0. The van der Waals surface area contributed by atoms with Gasteiger partial charge in [0.1, 0.15) is 0 Å². The van der Waals surface area contributed by atoms with E-state index in [0.29, 0.717) is 12.1 Å². The number of hydrogen-bond acceptors (Lipinski definition) is 2. The normalized spacial score (nSPS) is 19.1. The summed E-state index contributed by atoms with van der Waals surface area (Å²) in [6.07, 6.45) is 1.97. The van der Waals surface area contributed by atoms with Crippen molar-refractivity contribution in [3.63, 3.8) is 0 Å². The minimum Gasteiger partial charge on any atom is -0.381 e. The summed E-state index contributed by atoms with van der Waals surface area (Å²) < 4.78 is 5.27. The van der Waals surface area contributed by atoms with E-state index in [1.165, 1.54) is 0 Å². The van der Waals surface area contributed by atoms with Gasteiger partial charge >= 0.3 is 0 Å². The number of nitrogens with zero attached hydrogens (tertiary/aromatic N) is 1. The largest absolute Gasteiger partial charge is 0.381 e. The molecule has 76 valence electrons. The van der Waals surface area contributed by atoms with E-state index in [9.17, 15) is 4.79 Å². The molecular formula is C10H19NO2. The van der Waals surface area contributed by atoms with Crippen molar-refractivity contribution in [2.24, 2.45) is 0 Å². The van der Waals surface area contributed by atoms with Crippen LogP contribution in [0.3, 0.4) is 0 Å². The highest BCUT2D eigenvalue weighted by Gasteiger charge is 2.25. The van der Waals surface area contributed by atoms with Gasteiger partial charge in [-0.05, 0) is 26.7 Å². The Morgan fingerprint density at radius 1 is 1.38 bits per heavy atom. The third-order valence-electron chi connectivity index (χ3n) is 2.50. The van der Waals surface area contributed by atoms with Gasteiger partial charge in [-0.15, -0.1) is 0 Å². The van der Waals surface area contributed by atoms with Gasteiger partial charge in [-0.2, -0.15) is 0 Å². The molecule has 0 bridgehead atoms. The Morgan fingerprint density at radius 2 is 1.92 bits per heavy atom. The maximum atomic E-state index is 11.4. The monoisotopic (exact) mass is 185 g/mol. The zero-order valence-corrected chi connectivity index (χ0v) is 8.75. The molecule has 0 spiro atoms. The van der Waals surface area contributed by atoms with Crippen molar-refractivity contribution in [3.8, 4) is 0 Å². The van der Waals surface area contributed by atoms with Gasteiger partial charge in [0.05, 0.1) is 0 Å². The summed E-state index contributed by atoms with van der Waals surface area (Å²) >= 11 is 0. The fraction of sp³-hybridized carbons (Fsp3) is 0.900. The molecule has 0 unspecified atom stereocenters. The Labute approximate surface area is 80.1 Å². The van der Waals surface area contributed by atoms with Gasteiger partial charge in [0.15, 0.2) is 0 Å². The molecule has 1 heterocycles. The van der Waals surface area contributed by atoms with Crippen molar-refractivity contribution in [1.29, 1.82) is 0 Å².